The Labute approximate surface area is 129 Å². The van der Waals surface area contributed by atoms with E-state index in [-0.39, 0.29) is 18.0 Å². The molecule has 0 saturated heterocycles. The number of fused-ring (bicyclic) bond motifs is 1. The third-order valence-corrected chi connectivity index (χ3v) is 4.03. The molecule has 0 radical (unpaired) electrons. The third-order valence-electron chi connectivity index (χ3n) is 4.03. The van der Waals surface area contributed by atoms with Crippen LogP contribution in [0, 0.1) is 13.8 Å². The standard InChI is InChI=1S/C17H19N3O2/c1-12-10-16(21)20(13(2)18-12)11-17(22)19-9-5-7-14-6-3-4-8-15(14)19/h3-4,6,8,10H,5,7,9,11H2,1-2H3. The SMILES string of the molecule is Cc1cc(=O)n(CC(=O)N2CCCc3ccccc32)c(C)n1. The Bertz CT molecular complexity index is 780. The van der Waals surface area contributed by atoms with Gasteiger partial charge < -0.3 is 4.90 Å². The largest absolute Gasteiger partial charge is 0.311 e. The van der Waals surface area contributed by atoms with Crippen molar-refractivity contribution in [3.63, 3.8) is 0 Å². The second kappa shape index (κ2) is 5.75. The number of amides is 1. The second-order valence-electron chi connectivity index (χ2n) is 5.65. The van der Waals surface area contributed by atoms with Crippen LogP contribution in [0.5, 0.6) is 0 Å². The molecular weight excluding hydrogens is 278 g/mol. The van der Waals surface area contributed by atoms with Crippen LogP contribution in [0.2, 0.25) is 0 Å². The number of anilines is 1. The Kier molecular flexibility index (Phi) is 3.79. The zero-order valence-corrected chi connectivity index (χ0v) is 12.9. The molecule has 0 atom stereocenters. The van der Waals surface area contributed by atoms with Crippen molar-refractivity contribution in [1.82, 2.24) is 9.55 Å². The monoisotopic (exact) mass is 297 g/mol. The lowest BCUT2D eigenvalue weighted by Crippen LogP contribution is -2.40. The molecule has 0 unspecified atom stereocenters. The van der Waals surface area contributed by atoms with E-state index < -0.39 is 0 Å². The Morgan fingerprint density at radius 2 is 2.05 bits per heavy atom. The fourth-order valence-electron chi connectivity index (χ4n) is 2.97. The number of aryl methyl sites for hydroxylation is 3. The normalized spacial score (nSPS) is 13.8. The lowest BCUT2D eigenvalue weighted by atomic mass is 10.0. The molecule has 0 saturated carbocycles. The highest BCUT2D eigenvalue weighted by Crippen LogP contribution is 2.26. The summed E-state index contributed by atoms with van der Waals surface area (Å²) in [7, 11) is 0. The fraction of sp³-hybridized carbons (Fsp3) is 0.353. The zero-order chi connectivity index (χ0) is 15.7. The van der Waals surface area contributed by atoms with Gasteiger partial charge in [0, 0.05) is 24.0 Å². The number of carbonyl (C=O) groups is 1. The first-order valence-electron chi connectivity index (χ1n) is 7.49. The molecule has 1 amide bonds. The average Bonchev–Trinajstić information content (AvgIpc) is 2.50. The van der Waals surface area contributed by atoms with Crippen LogP contribution in [-0.2, 0) is 17.8 Å². The number of para-hydroxylation sites is 1. The van der Waals surface area contributed by atoms with Crippen LogP contribution >= 0.6 is 0 Å². The molecule has 2 heterocycles. The van der Waals surface area contributed by atoms with Crippen molar-refractivity contribution in [3.8, 4) is 0 Å². The van der Waals surface area contributed by atoms with E-state index in [9.17, 15) is 9.59 Å². The van der Waals surface area contributed by atoms with Gasteiger partial charge in [-0.2, -0.15) is 0 Å². The molecule has 0 aliphatic carbocycles. The fourth-order valence-corrected chi connectivity index (χ4v) is 2.97. The maximum absolute atomic E-state index is 12.7. The minimum atomic E-state index is -0.177. The van der Waals surface area contributed by atoms with E-state index in [1.807, 2.05) is 18.2 Å². The molecular formula is C17H19N3O2. The van der Waals surface area contributed by atoms with Crippen LogP contribution < -0.4 is 10.5 Å². The van der Waals surface area contributed by atoms with E-state index >= 15 is 0 Å². The highest BCUT2D eigenvalue weighted by molar-refractivity contribution is 5.94. The Balaban J connectivity index is 1.89. The van der Waals surface area contributed by atoms with Crippen LogP contribution in [-0.4, -0.2) is 22.0 Å². The summed E-state index contributed by atoms with van der Waals surface area (Å²) in [6, 6.07) is 9.42. The van der Waals surface area contributed by atoms with Crippen molar-refractivity contribution in [2.45, 2.75) is 33.2 Å². The number of hydrogen-bond donors (Lipinski definition) is 0. The van der Waals surface area contributed by atoms with E-state index in [1.165, 1.54) is 16.2 Å². The summed E-state index contributed by atoms with van der Waals surface area (Å²) in [5.74, 6) is 0.506. The molecule has 1 aromatic carbocycles. The van der Waals surface area contributed by atoms with Gasteiger partial charge in [-0.3, -0.25) is 14.2 Å². The minimum absolute atomic E-state index is 0.0340. The number of hydrogen-bond acceptors (Lipinski definition) is 3. The Hall–Kier alpha value is -2.43. The van der Waals surface area contributed by atoms with Crippen molar-refractivity contribution >= 4 is 11.6 Å². The summed E-state index contributed by atoms with van der Waals surface area (Å²) in [5, 5.41) is 0. The molecule has 0 bridgehead atoms. The topological polar surface area (TPSA) is 55.2 Å². The first-order chi connectivity index (χ1) is 10.6. The molecule has 114 valence electrons. The average molecular weight is 297 g/mol. The van der Waals surface area contributed by atoms with Crippen molar-refractivity contribution < 1.29 is 4.79 Å². The molecule has 5 heteroatoms. The molecule has 1 aliphatic heterocycles. The van der Waals surface area contributed by atoms with Gasteiger partial charge >= 0.3 is 0 Å². The van der Waals surface area contributed by atoms with Crippen LogP contribution in [0.15, 0.2) is 35.1 Å². The van der Waals surface area contributed by atoms with Crippen molar-refractivity contribution in [2.24, 2.45) is 0 Å². The van der Waals surface area contributed by atoms with Crippen LogP contribution in [0.25, 0.3) is 0 Å². The Morgan fingerprint density at radius 1 is 1.27 bits per heavy atom. The highest BCUT2D eigenvalue weighted by atomic mass is 16.2. The molecule has 3 rings (SSSR count). The van der Waals surface area contributed by atoms with Gasteiger partial charge in [-0.1, -0.05) is 18.2 Å². The maximum Gasteiger partial charge on any atom is 0.254 e. The first kappa shape index (κ1) is 14.5. The molecule has 2 aromatic rings. The number of rotatable bonds is 2. The van der Waals surface area contributed by atoms with E-state index in [4.69, 9.17) is 0 Å². The molecule has 0 fully saturated rings. The van der Waals surface area contributed by atoms with Gasteiger partial charge in [0.05, 0.1) is 0 Å². The van der Waals surface area contributed by atoms with E-state index in [1.54, 1.807) is 18.7 Å². The van der Waals surface area contributed by atoms with Gasteiger partial charge in [0.2, 0.25) is 5.91 Å². The summed E-state index contributed by atoms with van der Waals surface area (Å²) in [6.45, 7) is 4.27. The van der Waals surface area contributed by atoms with E-state index in [0.29, 0.717) is 18.1 Å². The number of nitrogens with zero attached hydrogens (tertiary/aromatic N) is 3. The maximum atomic E-state index is 12.7. The van der Waals surface area contributed by atoms with Gasteiger partial charge in [0.25, 0.3) is 5.56 Å². The summed E-state index contributed by atoms with van der Waals surface area (Å²) in [5.41, 5.74) is 2.65. The van der Waals surface area contributed by atoms with Crippen molar-refractivity contribution in [2.75, 3.05) is 11.4 Å². The molecule has 1 aliphatic rings. The van der Waals surface area contributed by atoms with Crippen molar-refractivity contribution in [3.05, 3.63) is 57.8 Å². The van der Waals surface area contributed by atoms with Gasteiger partial charge in [-0.25, -0.2) is 4.98 Å². The predicted molar refractivity (Wildman–Crippen MR) is 85.1 cm³/mol. The lowest BCUT2D eigenvalue weighted by molar-refractivity contribution is -0.119. The molecule has 22 heavy (non-hydrogen) atoms. The Morgan fingerprint density at radius 3 is 2.82 bits per heavy atom. The van der Waals surface area contributed by atoms with Crippen LogP contribution in [0.1, 0.15) is 23.5 Å². The predicted octanol–water partition coefficient (Wildman–Crippen LogP) is 1.84. The summed E-state index contributed by atoms with van der Waals surface area (Å²) in [6.07, 6.45) is 1.94. The smallest absolute Gasteiger partial charge is 0.254 e. The van der Waals surface area contributed by atoms with Gasteiger partial charge in [0.1, 0.15) is 12.4 Å². The number of carbonyl (C=O) groups excluding carboxylic acids is 1. The molecule has 0 N–H and O–H groups in total. The van der Waals surface area contributed by atoms with Crippen molar-refractivity contribution in [1.29, 1.82) is 0 Å². The zero-order valence-electron chi connectivity index (χ0n) is 12.9. The number of aromatic nitrogens is 2. The quantitative estimate of drug-likeness (QED) is 0.850. The molecule has 0 spiro atoms. The highest BCUT2D eigenvalue weighted by Gasteiger charge is 2.22. The van der Waals surface area contributed by atoms with Crippen LogP contribution in [0.3, 0.4) is 0 Å². The lowest BCUT2D eigenvalue weighted by Gasteiger charge is -2.29. The third kappa shape index (κ3) is 2.66. The van der Waals surface area contributed by atoms with Gasteiger partial charge in [-0.05, 0) is 38.3 Å². The van der Waals surface area contributed by atoms with E-state index in [0.717, 1.165) is 18.5 Å². The van der Waals surface area contributed by atoms with Gasteiger partial charge in [0.15, 0.2) is 0 Å². The van der Waals surface area contributed by atoms with Crippen LogP contribution in [0.4, 0.5) is 5.69 Å². The summed E-state index contributed by atoms with van der Waals surface area (Å²) in [4.78, 5) is 30.8. The summed E-state index contributed by atoms with van der Waals surface area (Å²) < 4.78 is 1.44. The minimum Gasteiger partial charge on any atom is -0.311 e. The molecule has 1 aromatic heterocycles. The summed E-state index contributed by atoms with van der Waals surface area (Å²) >= 11 is 0. The first-order valence-corrected chi connectivity index (χ1v) is 7.49. The second-order valence-corrected chi connectivity index (χ2v) is 5.65. The number of benzene rings is 1. The van der Waals surface area contributed by atoms with Gasteiger partial charge in [-0.15, -0.1) is 0 Å². The molecule has 5 nitrogen and oxygen atoms in total. The van der Waals surface area contributed by atoms with E-state index in [2.05, 4.69) is 11.1 Å².